The number of nitrogen functional groups attached to an aromatic ring is 1. The molecule has 0 bridgehead atoms. The first-order valence-corrected chi connectivity index (χ1v) is 5.80. The van der Waals surface area contributed by atoms with Crippen LogP contribution in [0.4, 0.5) is 17.2 Å². The molecule has 1 aromatic heterocycles. The van der Waals surface area contributed by atoms with Crippen molar-refractivity contribution in [3.8, 4) is 5.75 Å². The molecule has 1 heterocycles. The van der Waals surface area contributed by atoms with E-state index in [1.807, 2.05) is 24.3 Å². The molecule has 0 aliphatic heterocycles. The molecule has 2 aromatic rings. The van der Waals surface area contributed by atoms with Gasteiger partial charge in [-0.2, -0.15) is 0 Å². The summed E-state index contributed by atoms with van der Waals surface area (Å²) in [5.41, 5.74) is 7.35. The molecule has 2 rings (SSSR count). The second-order valence-corrected chi connectivity index (χ2v) is 4.36. The van der Waals surface area contributed by atoms with Gasteiger partial charge in [0.25, 0.3) is 0 Å². The zero-order valence-electron chi connectivity index (χ0n) is 9.27. The van der Waals surface area contributed by atoms with Crippen molar-refractivity contribution in [1.82, 2.24) is 4.98 Å². The van der Waals surface area contributed by atoms with Crippen LogP contribution in [0.2, 0.25) is 0 Å². The van der Waals surface area contributed by atoms with Crippen molar-refractivity contribution in [2.45, 2.75) is 0 Å². The lowest BCUT2D eigenvalue weighted by Crippen LogP contribution is -1.98. The maximum Gasteiger partial charge on any atom is 0.153 e. The van der Waals surface area contributed by atoms with Crippen LogP contribution in [0.1, 0.15) is 0 Å². The highest BCUT2D eigenvalue weighted by atomic mass is 79.9. The average Bonchev–Trinajstić information content (AvgIpc) is 2.34. The number of halogens is 1. The van der Waals surface area contributed by atoms with E-state index in [0.29, 0.717) is 11.5 Å². The number of anilines is 3. The van der Waals surface area contributed by atoms with Crippen LogP contribution in [0.15, 0.2) is 41.0 Å². The first-order chi connectivity index (χ1) is 8.19. The lowest BCUT2D eigenvalue weighted by Gasteiger charge is -2.08. The fraction of sp³-hybridized carbons (Fsp3) is 0.0833. The number of nitrogens with one attached hydrogen (secondary N) is 1. The van der Waals surface area contributed by atoms with Crippen LogP contribution in [0.25, 0.3) is 0 Å². The Bertz CT molecular complexity index is 514. The molecule has 0 aliphatic carbocycles. The van der Waals surface area contributed by atoms with Crippen LogP contribution < -0.4 is 15.8 Å². The monoisotopic (exact) mass is 293 g/mol. The minimum absolute atomic E-state index is 0.593. The molecular weight excluding hydrogens is 282 g/mol. The molecule has 0 atom stereocenters. The van der Waals surface area contributed by atoms with E-state index < -0.39 is 0 Å². The van der Waals surface area contributed by atoms with Crippen LogP contribution in [-0.4, -0.2) is 12.1 Å². The van der Waals surface area contributed by atoms with Crippen molar-refractivity contribution >= 4 is 33.1 Å². The molecule has 5 heteroatoms. The highest BCUT2D eigenvalue weighted by Crippen LogP contribution is 2.24. The molecule has 0 radical (unpaired) electrons. The zero-order valence-corrected chi connectivity index (χ0v) is 10.9. The largest absolute Gasteiger partial charge is 0.497 e. The van der Waals surface area contributed by atoms with Gasteiger partial charge in [0.15, 0.2) is 5.82 Å². The maximum atomic E-state index is 5.85. The Kier molecular flexibility index (Phi) is 3.49. The fourth-order valence-corrected chi connectivity index (χ4v) is 1.72. The number of pyridine rings is 1. The summed E-state index contributed by atoms with van der Waals surface area (Å²) in [7, 11) is 1.64. The molecule has 0 spiro atoms. The van der Waals surface area contributed by atoms with Crippen LogP contribution in [0, 0.1) is 0 Å². The Labute approximate surface area is 108 Å². The third kappa shape index (κ3) is 2.88. The number of rotatable bonds is 3. The first kappa shape index (κ1) is 11.7. The van der Waals surface area contributed by atoms with Gasteiger partial charge < -0.3 is 15.8 Å². The summed E-state index contributed by atoms with van der Waals surface area (Å²) in [6, 6.07) is 9.36. The van der Waals surface area contributed by atoms with Gasteiger partial charge in [-0.3, -0.25) is 0 Å². The summed E-state index contributed by atoms with van der Waals surface area (Å²) in [5, 5.41) is 3.14. The molecule has 0 aliphatic rings. The second kappa shape index (κ2) is 5.05. The van der Waals surface area contributed by atoms with Gasteiger partial charge in [0.1, 0.15) is 5.75 Å². The van der Waals surface area contributed by atoms with Gasteiger partial charge >= 0.3 is 0 Å². The Balaban J connectivity index is 2.19. The number of hydrogen-bond donors (Lipinski definition) is 2. The predicted octanol–water partition coefficient (Wildman–Crippen LogP) is 3.18. The third-order valence-corrected chi connectivity index (χ3v) is 2.67. The Morgan fingerprint density at radius 2 is 2.00 bits per heavy atom. The highest BCUT2D eigenvalue weighted by molar-refractivity contribution is 9.10. The van der Waals surface area contributed by atoms with Crippen LogP contribution >= 0.6 is 15.9 Å². The minimum atomic E-state index is 0.593. The average molecular weight is 294 g/mol. The van der Waals surface area contributed by atoms with Crippen molar-refractivity contribution in [2.24, 2.45) is 0 Å². The molecule has 0 fully saturated rings. The maximum absolute atomic E-state index is 5.85. The van der Waals surface area contributed by atoms with E-state index in [2.05, 4.69) is 26.2 Å². The molecular formula is C12H12BrN3O. The SMILES string of the molecule is COc1ccc(Nc2ncc(Br)cc2N)cc1. The smallest absolute Gasteiger partial charge is 0.153 e. The van der Waals surface area contributed by atoms with Crippen molar-refractivity contribution in [3.63, 3.8) is 0 Å². The molecule has 4 nitrogen and oxygen atoms in total. The van der Waals surface area contributed by atoms with Gasteiger partial charge in [0, 0.05) is 16.4 Å². The van der Waals surface area contributed by atoms with Crippen molar-refractivity contribution < 1.29 is 4.74 Å². The van der Waals surface area contributed by atoms with E-state index in [4.69, 9.17) is 10.5 Å². The highest BCUT2D eigenvalue weighted by Gasteiger charge is 2.02. The summed E-state index contributed by atoms with van der Waals surface area (Å²) in [5.74, 6) is 1.45. The standard InChI is InChI=1S/C12H12BrN3O/c1-17-10-4-2-9(3-5-10)16-12-11(14)6-8(13)7-15-12/h2-7H,14H2,1H3,(H,15,16). The molecule has 3 N–H and O–H groups in total. The summed E-state index contributed by atoms with van der Waals surface area (Å²) in [6.07, 6.45) is 1.70. The van der Waals surface area contributed by atoms with Gasteiger partial charge in [-0.05, 0) is 46.3 Å². The van der Waals surface area contributed by atoms with E-state index in [1.54, 1.807) is 19.4 Å². The minimum Gasteiger partial charge on any atom is -0.497 e. The number of benzene rings is 1. The third-order valence-electron chi connectivity index (χ3n) is 2.24. The lowest BCUT2D eigenvalue weighted by molar-refractivity contribution is 0.415. The molecule has 0 amide bonds. The Morgan fingerprint density at radius 1 is 1.29 bits per heavy atom. The molecule has 17 heavy (non-hydrogen) atoms. The predicted molar refractivity (Wildman–Crippen MR) is 72.6 cm³/mol. The quantitative estimate of drug-likeness (QED) is 0.912. The second-order valence-electron chi connectivity index (χ2n) is 3.44. The van der Waals surface area contributed by atoms with Gasteiger partial charge in [-0.25, -0.2) is 4.98 Å². The number of ether oxygens (including phenoxy) is 1. The first-order valence-electron chi connectivity index (χ1n) is 5.01. The van der Waals surface area contributed by atoms with E-state index in [0.717, 1.165) is 15.9 Å². The van der Waals surface area contributed by atoms with Gasteiger partial charge in [0.2, 0.25) is 0 Å². The van der Waals surface area contributed by atoms with E-state index in [9.17, 15) is 0 Å². The van der Waals surface area contributed by atoms with Gasteiger partial charge in [0.05, 0.1) is 12.8 Å². The van der Waals surface area contributed by atoms with Crippen molar-refractivity contribution in [3.05, 3.63) is 41.0 Å². The van der Waals surface area contributed by atoms with Gasteiger partial charge in [-0.15, -0.1) is 0 Å². The summed E-state index contributed by atoms with van der Waals surface area (Å²) in [6.45, 7) is 0. The fourth-order valence-electron chi connectivity index (χ4n) is 1.37. The lowest BCUT2D eigenvalue weighted by atomic mass is 10.3. The number of methoxy groups -OCH3 is 1. The van der Waals surface area contributed by atoms with Crippen LogP contribution in [0.5, 0.6) is 5.75 Å². The summed E-state index contributed by atoms with van der Waals surface area (Å²) in [4.78, 5) is 4.20. The summed E-state index contributed by atoms with van der Waals surface area (Å²) >= 11 is 3.31. The molecule has 88 valence electrons. The number of hydrogen-bond acceptors (Lipinski definition) is 4. The number of nitrogens with zero attached hydrogens (tertiary/aromatic N) is 1. The van der Waals surface area contributed by atoms with E-state index in [-0.39, 0.29) is 0 Å². The van der Waals surface area contributed by atoms with Gasteiger partial charge in [-0.1, -0.05) is 0 Å². The Hall–Kier alpha value is -1.75. The van der Waals surface area contributed by atoms with Crippen LogP contribution in [0.3, 0.4) is 0 Å². The number of aromatic nitrogens is 1. The zero-order chi connectivity index (χ0) is 12.3. The van der Waals surface area contributed by atoms with Crippen molar-refractivity contribution in [2.75, 3.05) is 18.2 Å². The van der Waals surface area contributed by atoms with E-state index in [1.165, 1.54) is 0 Å². The van der Waals surface area contributed by atoms with Crippen LogP contribution in [-0.2, 0) is 0 Å². The normalized spacial score (nSPS) is 10.0. The molecule has 1 aromatic carbocycles. The molecule has 0 unspecified atom stereocenters. The summed E-state index contributed by atoms with van der Waals surface area (Å²) < 4.78 is 5.94. The topological polar surface area (TPSA) is 60.2 Å². The number of nitrogens with two attached hydrogens (primary N) is 1. The van der Waals surface area contributed by atoms with E-state index >= 15 is 0 Å². The Morgan fingerprint density at radius 3 is 2.59 bits per heavy atom. The molecule has 0 saturated carbocycles. The van der Waals surface area contributed by atoms with Crippen molar-refractivity contribution in [1.29, 1.82) is 0 Å². The molecule has 0 saturated heterocycles.